The fourth-order valence-electron chi connectivity index (χ4n) is 0.969. The van der Waals surface area contributed by atoms with Crippen molar-refractivity contribution in [3.63, 3.8) is 0 Å². The number of halogens is 3. The standard InChI is InChI=1S/C9H6Cl3NO2/c10-6-4-8(11)7(9(12)5-6)2-1-3-13(14)15/h1-2,4-5H,3H2/b2-1+. The molecule has 3 nitrogen and oxygen atoms in total. The lowest BCUT2D eigenvalue weighted by Gasteiger charge is -2.01. The molecule has 0 atom stereocenters. The molecule has 0 saturated heterocycles. The highest BCUT2D eigenvalue weighted by Gasteiger charge is 2.04. The normalized spacial score (nSPS) is 10.9. The first kappa shape index (κ1) is 12.3. The van der Waals surface area contributed by atoms with E-state index in [9.17, 15) is 10.1 Å². The van der Waals surface area contributed by atoms with Crippen molar-refractivity contribution in [2.24, 2.45) is 0 Å². The third-order valence-corrected chi connectivity index (χ3v) is 2.43. The minimum absolute atomic E-state index is 0.269. The number of nitrogens with zero attached hydrogens (tertiary/aromatic N) is 1. The second-order valence-electron chi connectivity index (χ2n) is 2.70. The van der Waals surface area contributed by atoms with Gasteiger partial charge >= 0.3 is 0 Å². The Bertz CT molecular complexity index is 395. The van der Waals surface area contributed by atoms with Crippen LogP contribution in [0, 0.1) is 10.1 Å². The van der Waals surface area contributed by atoms with Crippen LogP contribution in [-0.4, -0.2) is 11.5 Å². The Morgan fingerprint density at radius 1 is 1.27 bits per heavy atom. The molecule has 1 aromatic carbocycles. The van der Waals surface area contributed by atoms with Crippen molar-refractivity contribution in [3.05, 3.63) is 49.0 Å². The first-order valence-electron chi connectivity index (χ1n) is 3.93. The zero-order valence-corrected chi connectivity index (χ0v) is 9.68. The fraction of sp³-hybridized carbons (Fsp3) is 0.111. The van der Waals surface area contributed by atoms with Gasteiger partial charge in [0.05, 0.1) is 10.0 Å². The fourth-order valence-corrected chi connectivity index (χ4v) is 1.91. The maximum absolute atomic E-state index is 10.1. The molecule has 1 rings (SSSR count). The average molecular weight is 267 g/mol. The van der Waals surface area contributed by atoms with Crippen molar-refractivity contribution in [2.45, 2.75) is 0 Å². The van der Waals surface area contributed by atoms with Crippen LogP contribution in [0.1, 0.15) is 5.56 Å². The quantitative estimate of drug-likeness (QED) is 0.614. The molecule has 0 aromatic heterocycles. The summed E-state index contributed by atoms with van der Waals surface area (Å²) < 4.78 is 0. The predicted molar refractivity (Wildman–Crippen MR) is 62.4 cm³/mol. The molecular formula is C9H6Cl3NO2. The van der Waals surface area contributed by atoms with Crippen molar-refractivity contribution in [1.82, 2.24) is 0 Å². The van der Waals surface area contributed by atoms with Crippen LogP contribution in [0.4, 0.5) is 0 Å². The summed E-state index contributed by atoms with van der Waals surface area (Å²) >= 11 is 17.4. The minimum atomic E-state index is -0.450. The van der Waals surface area contributed by atoms with Gasteiger partial charge in [0, 0.05) is 15.5 Å². The highest BCUT2D eigenvalue weighted by atomic mass is 35.5. The summed E-state index contributed by atoms with van der Waals surface area (Å²) in [6.07, 6.45) is 2.88. The van der Waals surface area contributed by atoms with Crippen molar-refractivity contribution < 1.29 is 4.92 Å². The van der Waals surface area contributed by atoms with Gasteiger partial charge in [-0.3, -0.25) is 10.1 Å². The summed E-state index contributed by atoms with van der Waals surface area (Å²) in [6, 6.07) is 3.06. The van der Waals surface area contributed by atoms with Crippen molar-refractivity contribution >= 4 is 40.9 Å². The van der Waals surface area contributed by atoms with Gasteiger partial charge in [0.1, 0.15) is 0 Å². The van der Waals surface area contributed by atoms with Crippen LogP contribution in [0.3, 0.4) is 0 Å². The largest absolute Gasteiger partial charge is 0.264 e. The number of hydrogen-bond donors (Lipinski definition) is 0. The second kappa shape index (κ2) is 5.35. The monoisotopic (exact) mass is 265 g/mol. The topological polar surface area (TPSA) is 43.1 Å². The summed E-state index contributed by atoms with van der Waals surface area (Å²) in [7, 11) is 0. The van der Waals surface area contributed by atoms with E-state index in [0.29, 0.717) is 20.6 Å². The molecule has 0 saturated carbocycles. The number of benzene rings is 1. The van der Waals surface area contributed by atoms with E-state index in [1.807, 2.05) is 0 Å². The van der Waals surface area contributed by atoms with Crippen LogP contribution >= 0.6 is 34.8 Å². The van der Waals surface area contributed by atoms with E-state index in [4.69, 9.17) is 34.8 Å². The average Bonchev–Trinajstić information content (AvgIpc) is 2.08. The maximum Gasteiger partial charge on any atom is 0.222 e. The van der Waals surface area contributed by atoms with Crippen LogP contribution in [0.2, 0.25) is 15.1 Å². The summed E-state index contributed by atoms with van der Waals surface area (Å²) in [6.45, 7) is -0.269. The molecule has 0 radical (unpaired) electrons. The van der Waals surface area contributed by atoms with E-state index in [-0.39, 0.29) is 6.54 Å². The molecule has 6 heteroatoms. The first-order valence-corrected chi connectivity index (χ1v) is 5.07. The molecule has 0 aliphatic rings. The summed E-state index contributed by atoms with van der Waals surface area (Å²) in [5.74, 6) is 0. The van der Waals surface area contributed by atoms with Gasteiger partial charge in [-0.2, -0.15) is 0 Å². The van der Waals surface area contributed by atoms with Gasteiger partial charge < -0.3 is 0 Å². The van der Waals surface area contributed by atoms with Crippen molar-refractivity contribution in [3.8, 4) is 0 Å². The molecule has 0 heterocycles. The predicted octanol–water partition coefficient (Wildman–Crippen LogP) is 3.94. The smallest absolute Gasteiger partial charge is 0.222 e. The molecule has 0 spiro atoms. The van der Waals surface area contributed by atoms with Crippen molar-refractivity contribution in [1.29, 1.82) is 0 Å². The highest BCUT2D eigenvalue weighted by Crippen LogP contribution is 2.29. The summed E-state index contributed by atoms with van der Waals surface area (Å²) in [5.41, 5.74) is 0.532. The Morgan fingerprint density at radius 2 is 1.80 bits per heavy atom. The summed E-state index contributed by atoms with van der Waals surface area (Å²) in [4.78, 5) is 9.63. The Kier molecular flexibility index (Phi) is 4.39. The van der Waals surface area contributed by atoms with Gasteiger partial charge in [0.15, 0.2) is 0 Å². The van der Waals surface area contributed by atoms with Gasteiger partial charge in [0.25, 0.3) is 0 Å². The van der Waals surface area contributed by atoms with E-state index in [0.717, 1.165) is 0 Å². The molecule has 0 aliphatic carbocycles. The molecule has 15 heavy (non-hydrogen) atoms. The molecule has 1 aromatic rings. The Balaban J connectivity index is 2.94. The van der Waals surface area contributed by atoms with E-state index in [1.54, 1.807) is 0 Å². The van der Waals surface area contributed by atoms with E-state index >= 15 is 0 Å². The lowest BCUT2D eigenvalue weighted by atomic mass is 10.2. The second-order valence-corrected chi connectivity index (χ2v) is 3.95. The Morgan fingerprint density at radius 3 is 2.27 bits per heavy atom. The van der Waals surface area contributed by atoms with Gasteiger partial charge in [-0.1, -0.05) is 34.8 Å². The third-order valence-electron chi connectivity index (χ3n) is 1.58. The Hall–Kier alpha value is -0.770. The van der Waals surface area contributed by atoms with Gasteiger partial charge in [-0.25, -0.2) is 0 Å². The van der Waals surface area contributed by atoms with E-state index in [2.05, 4.69) is 0 Å². The zero-order valence-electron chi connectivity index (χ0n) is 7.41. The summed E-state index contributed by atoms with van der Waals surface area (Å²) in [5, 5.41) is 11.2. The maximum atomic E-state index is 10.1. The number of rotatable bonds is 3. The van der Waals surface area contributed by atoms with Gasteiger partial charge in [-0.05, 0) is 24.3 Å². The molecule has 0 N–H and O–H groups in total. The number of hydrogen-bond acceptors (Lipinski definition) is 2. The Labute approximate surface area is 101 Å². The zero-order chi connectivity index (χ0) is 11.4. The third kappa shape index (κ3) is 3.70. The molecular weight excluding hydrogens is 260 g/mol. The molecule has 0 amide bonds. The highest BCUT2D eigenvalue weighted by molar-refractivity contribution is 6.40. The minimum Gasteiger partial charge on any atom is -0.264 e. The lowest BCUT2D eigenvalue weighted by molar-refractivity contribution is -0.468. The molecule has 0 bridgehead atoms. The molecule has 0 fully saturated rings. The molecule has 0 unspecified atom stereocenters. The van der Waals surface area contributed by atoms with E-state index in [1.165, 1.54) is 24.3 Å². The van der Waals surface area contributed by atoms with Crippen LogP contribution in [-0.2, 0) is 0 Å². The lowest BCUT2D eigenvalue weighted by Crippen LogP contribution is -1.95. The molecule has 80 valence electrons. The van der Waals surface area contributed by atoms with Gasteiger partial charge in [-0.15, -0.1) is 0 Å². The first-order chi connectivity index (χ1) is 7.00. The van der Waals surface area contributed by atoms with Crippen LogP contribution in [0.25, 0.3) is 6.08 Å². The van der Waals surface area contributed by atoms with Crippen LogP contribution in [0.5, 0.6) is 0 Å². The van der Waals surface area contributed by atoms with E-state index < -0.39 is 4.92 Å². The van der Waals surface area contributed by atoms with Crippen LogP contribution in [0.15, 0.2) is 18.2 Å². The molecule has 0 aliphatic heterocycles. The van der Waals surface area contributed by atoms with Gasteiger partial charge in [0.2, 0.25) is 6.54 Å². The number of nitro groups is 1. The van der Waals surface area contributed by atoms with Crippen LogP contribution < -0.4 is 0 Å². The van der Waals surface area contributed by atoms with Crippen molar-refractivity contribution in [2.75, 3.05) is 6.54 Å². The SMILES string of the molecule is O=[N+]([O-])C/C=C/c1c(Cl)cc(Cl)cc1Cl.